The SMILES string of the molecule is CSc1ncc(C(F)(F)F)c(S(C)(=O)=O)n1. The molecule has 1 rings (SSSR count). The minimum Gasteiger partial charge on any atom is -0.230 e. The molecule has 0 N–H and O–H groups in total. The number of rotatable bonds is 2. The maximum Gasteiger partial charge on any atom is 0.420 e. The van der Waals surface area contributed by atoms with Crippen LogP contribution in [0.15, 0.2) is 16.4 Å². The molecule has 0 aliphatic carbocycles. The zero-order valence-corrected chi connectivity index (χ0v) is 9.87. The Labute approximate surface area is 94.2 Å². The zero-order chi connectivity index (χ0) is 12.6. The van der Waals surface area contributed by atoms with Gasteiger partial charge in [0.05, 0.1) is 0 Å². The normalized spacial score (nSPS) is 12.8. The van der Waals surface area contributed by atoms with Crippen molar-refractivity contribution in [2.24, 2.45) is 0 Å². The van der Waals surface area contributed by atoms with Crippen molar-refractivity contribution >= 4 is 21.6 Å². The van der Waals surface area contributed by atoms with Crippen LogP contribution in [0.25, 0.3) is 0 Å². The van der Waals surface area contributed by atoms with Crippen LogP contribution < -0.4 is 0 Å². The highest BCUT2D eigenvalue weighted by molar-refractivity contribution is 7.98. The largest absolute Gasteiger partial charge is 0.420 e. The van der Waals surface area contributed by atoms with Gasteiger partial charge >= 0.3 is 6.18 Å². The standard InChI is InChI=1S/C7H7F3N2O2S2/c1-15-6-11-3-4(7(8,9)10)5(12-6)16(2,13)14/h3H,1-2H3. The van der Waals surface area contributed by atoms with Crippen LogP contribution in [0, 0.1) is 0 Å². The Hall–Kier alpha value is -0.830. The lowest BCUT2D eigenvalue weighted by atomic mass is 10.3. The Balaban J connectivity index is 3.52. The minimum atomic E-state index is -4.78. The van der Waals surface area contributed by atoms with E-state index in [1.807, 2.05) is 0 Å². The summed E-state index contributed by atoms with van der Waals surface area (Å²) in [5.41, 5.74) is -1.34. The van der Waals surface area contributed by atoms with Gasteiger partial charge in [0.1, 0.15) is 5.56 Å². The van der Waals surface area contributed by atoms with Gasteiger partial charge in [0.15, 0.2) is 20.0 Å². The van der Waals surface area contributed by atoms with E-state index in [9.17, 15) is 21.6 Å². The molecule has 0 bridgehead atoms. The summed E-state index contributed by atoms with van der Waals surface area (Å²) < 4.78 is 59.7. The topological polar surface area (TPSA) is 59.9 Å². The summed E-state index contributed by atoms with van der Waals surface area (Å²) in [5.74, 6) is 0. The molecule has 0 unspecified atom stereocenters. The molecule has 0 fully saturated rings. The highest BCUT2D eigenvalue weighted by Crippen LogP contribution is 2.33. The number of aromatic nitrogens is 2. The maximum atomic E-state index is 12.5. The lowest BCUT2D eigenvalue weighted by Crippen LogP contribution is -2.15. The molecule has 0 aliphatic rings. The first-order chi connectivity index (χ1) is 7.16. The molecule has 1 heterocycles. The first-order valence-electron chi connectivity index (χ1n) is 3.84. The van der Waals surface area contributed by atoms with E-state index in [0.29, 0.717) is 12.5 Å². The monoisotopic (exact) mass is 272 g/mol. The molecule has 0 radical (unpaired) electrons. The van der Waals surface area contributed by atoms with E-state index in [-0.39, 0.29) is 5.16 Å². The Morgan fingerprint density at radius 1 is 1.38 bits per heavy atom. The Morgan fingerprint density at radius 3 is 2.31 bits per heavy atom. The predicted octanol–water partition coefficient (Wildman–Crippen LogP) is 1.62. The van der Waals surface area contributed by atoms with Gasteiger partial charge in [-0.05, 0) is 6.26 Å². The number of alkyl halides is 3. The molecule has 0 amide bonds. The van der Waals surface area contributed by atoms with Crippen LogP contribution >= 0.6 is 11.8 Å². The molecule has 1 aromatic heterocycles. The number of hydrogen-bond acceptors (Lipinski definition) is 5. The lowest BCUT2D eigenvalue weighted by Gasteiger charge is -2.10. The smallest absolute Gasteiger partial charge is 0.230 e. The number of thioether (sulfide) groups is 1. The molecule has 1 aromatic rings. The summed E-state index contributed by atoms with van der Waals surface area (Å²) in [6.45, 7) is 0. The van der Waals surface area contributed by atoms with Crippen molar-refractivity contribution in [3.63, 3.8) is 0 Å². The highest BCUT2D eigenvalue weighted by Gasteiger charge is 2.38. The molecular formula is C7H7F3N2O2S2. The van der Waals surface area contributed by atoms with E-state index < -0.39 is 26.6 Å². The van der Waals surface area contributed by atoms with Crippen molar-refractivity contribution in [2.75, 3.05) is 12.5 Å². The molecule has 0 atom stereocenters. The van der Waals surface area contributed by atoms with E-state index in [1.165, 1.54) is 6.26 Å². The van der Waals surface area contributed by atoms with Gasteiger partial charge < -0.3 is 0 Å². The van der Waals surface area contributed by atoms with Crippen molar-refractivity contribution in [1.82, 2.24) is 9.97 Å². The van der Waals surface area contributed by atoms with E-state index >= 15 is 0 Å². The van der Waals surface area contributed by atoms with Crippen molar-refractivity contribution in [1.29, 1.82) is 0 Å². The van der Waals surface area contributed by atoms with Gasteiger partial charge in [0.2, 0.25) is 0 Å². The molecule has 0 aromatic carbocycles. The summed E-state index contributed by atoms with van der Waals surface area (Å²) in [4.78, 5) is 6.78. The van der Waals surface area contributed by atoms with Crippen LogP contribution in [-0.2, 0) is 16.0 Å². The maximum absolute atomic E-state index is 12.5. The van der Waals surface area contributed by atoms with E-state index in [1.54, 1.807) is 0 Å². The molecule has 0 spiro atoms. The van der Waals surface area contributed by atoms with Crippen molar-refractivity contribution in [3.8, 4) is 0 Å². The summed E-state index contributed by atoms with van der Waals surface area (Å²) >= 11 is 0.964. The summed E-state index contributed by atoms with van der Waals surface area (Å²) in [7, 11) is -4.03. The highest BCUT2D eigenvalue weighted by atomic mass is 32.2. The number of hydrogen-bond donors (Lipinski definition) is 0. The second-order valence-corrected chi connectivity index (χ2v) is 5.55. The second kappa shape index (κ2) is 4.21. The fraction of sp³-hybridized carbons (Fsp3) is 0.429. The average molecular weight is 272 g/mol. The van der Waals surface area contributed by atoms with Crippen LogP contribution in [0.5, 0.6) is 0 Å². The van der Waals surface area contributed by atoms with E-state index in [0.717, 1.165) is 11.8 Å². The fourth-order valence-electron chi connectivity index (χ4n) is 0.926. The lowest BCUT2D eigenvalue weighted by molar-refractivity contribution is -0.140. The molecule has 0 saturated heterocycles. The van der Waals surface area contributed by atoms with Crippen molar-refractivity contribution in [2.45, 2.75) is 16.4 Å². The molecule has 0 aliphatic heterocycles. The van der Waals surface area contributed by atoms with Crippen LogP contribution in [0.2, 0.25) is 0 Å². The van der Waals surface area contributed by atoms with Gasteiger partial charge in [-0.2, -0.15) is 13.2 Å². The van der Waals surface area contributed by atoms with E-state index in [2.05, 4.69) is 9.97 Å². The van der Waals surface area contributed by atoms with Gasteiger partial charge in [-0.3, -0.25) is 0 Å². The quantitative estimate of drug-likeness (QED) is 0.465. The average Bonchev–Trinajstić information content (AvgIpc) is 2.14. The zero-order valence-electron chi connectivity index (χ0n) is 8.24. The molecule has 0 saturated carbocycles. The van der Waals surface area contributed by atoms with Gasteiger partial charge in [-0.15, -0.1) is 0 Å². The van der Waals surface area contributed by atoms with Crippen LogP contribution in [0.4, 0.5) is 13.2 Å². The van der Waals surface area contributed by atoms with Gasteiger partial charge in [-0.1, -0.05) is 11.8 Å². The Kier molecular flexibility index (Phi) is 3.48. The molecule has 90 valence electrons. The molecule has 9 heteroatoms. The predicted molar refractivity (Wildman–Crippen MR) is 51.9 cm³/mol. The second-order valence-electron chi connectivity index (χ2n) is 2.85. The Bertz CT molecular complexity index is 499. The number of nitrogens with zero attached hydrogens (tertiary/aromatic N) is 2. The van der Waals surface area contributed by atoms with Gasteiger partial charge in [0.25, 0.3) is 0 Å². The Morgan fingerprint density at radius 2 is 1.94 bits per heavy atom. The third-order valence-corrected chi connectivity index (χ3v) is 3.15. The third kappa shape index (κ3) is 2.85. The van der Waals surface area contributed by atoms with Crippen LogP contribution in [0.1, 0.15) is 5.56 Å². The van der Waals surface area contributed by atoms with Gasteiger partial charge in [0, 0.05) is 12.5 Å². The summed E-state index contributed by atoms with van der Waals surface area (Å²) in [5, 5.41) is -1.01. The van der Waals surface area contributed by atoms with Crippen LogP contribution in [0.3, 0.4) is 0 Å². The summed E-state index contributed by atoms with van der Waals surface area (Å²) in [6.07, 6.45) is -2.09. The van der Waals surface area contributed by atoms with Gasteiger partial charge in [-0.25, -0.2) is 18.4 Å². The van der Waals surface area contributed by atoms with E-state index in [4.69, 9.17) is 0 Å². The fourth-order valence-corrected chi connectivity index (χ4v) is 2.15. The number of halogens is 3. The third-order valence-electron chi connectivity index (χ3n) is 1.57. The first kappa shape index (κ1) is 13.2. The molecule has 4 nitrogen and oxygen atoms in total. The van der Waals surface area contributed by atoms with Crippen molar-refractivity contribution in [3.05, 3.63) is 11.8 Å². The molecule has 16 heavy (non-hydrogen) atoms. The summed E-state index contributed by atoms with van der Waals surface area (Å²) in [6, 6.07) is 0. The first-order valence-corrected chi connectivity index (χ1v) is 6.96. The minimum absolute atomic E-state index is 0.0200. The molecular weight excluding hydrogens is 265 g/mol. The van der Waals surface area contributed by atoms with Crippen LogP contribution in [-0.4, -0.2) is 30.9 Å². The number of sulfone groups is 1. The van der Waals surface area contributed by atoms with Crippen molar-refractivity contribution < 1.29 is 21.6 Å².